The highest BCUT2D eigenvalue weighted by molar-refractivity contribution is 5.93. The molecule has 0 bridgehead atoms. The number of amides is 1. The Bertz CT molecular complexity index is 1160. The minimum atomic E-state index is -0.261. The molecule has 8 nitrogen and oxygen atoms in total. The number of hydrogen-bond donors (Lipinski definition) is 1. The minimum Gasteiger partial charge on any atom is -0.370 e. The fourth-order valence-corrected chi connectivity index (χ4v) is 3.64. The molecule has 1 fully saturated rings. The number of H-pyrrole nitrogens is 1. The highest BCUT2D eigenvalue weighted by atomic mass is 16.2. The lowest BCUT2D eigenvalue weighted by Crippen LogP contribution is -2.36. The first-order valence-electron chi connectivity index (χ1n) is 9.08. The minimum absolute atomic E-state index is 0.153. The number of aryl methyl sites for hydroxylation is 1. The molecule has 1 amide bonds. The van der Waals surface area contributed by atoms with E-state index in [1.165, 1.54) is 10.6 Å². The van der Waals surface area contributed by atoms with Crippen LogP contribution in [0, 0.1) is 18.3 Å². The second-order valence-corrected chi connectivity index (χ2v) is 7.09. The van der Waals surface area contributed by atoms with Crippen LogP contribution in [0.5, 0.6) is 0 Å². The zero-order chi connectivity index (χ0) is 19.8. The first-order valence-corrected chi connectivity index (χ1v) is 9.08. The molecule has 0 radical (unpaired) electrons. The fraction of sp³-hybridized carbons (Fsp3) is 0.300. The molecule has 1 aliphatic heterocycles. The lowest BCUT2D eigenvalue weighted by atomic mass is 10.1. The van der Waals surface area contributed by atoms with Gasteiger partial charge in [0, 0.05) is 49.8 Å². The van der Waals surface area contributed by atoms with Crippen LogP contribution in [0.2, 0.25) is 0 Å². The standard InChI is InChI=1S/C20H20N6O2/c1-13-11-26-18(19(27)22-13)9-17(23-26)20(28)25-7-6-16(12-25)24(2)15-5-3-4-14(8-15)10-21/h3-5,8-9,11,16H,6-7,12H2,1-2H3,(H,22,27). The summed E-state index contributed by atoms with van der Waals surface area (Å²) in [4.78, 5) is 31.5. The molecule has 1 aliphatic rings. The molecule has 142 valence electrons. The van der Waals surface area contributed by atoms with Crippen LogP contribution in [0.1, 0.15) is 28.2 Å². The SMILES string of the molecule is Cc1cn2nc(C(=O)N3CCC(N(C)c4cccc(C#N)c4)C3)cc2c(=O)[nH]1. The largest absolute Gasteiger partial charge is 0.370 e. The van der Waals surface area contributed by atoms with Crippen molar-refractivity contribution in [3.63, 3.8) is 0 Å². The van der Waals surface area contributed by atoms with Gasteiger partial charge in [-0.3, -0.25) is 9.59 Å². The summed E-state index contributed by atoms with van der Waals surface area (Å²) < 4.78 is 1.45. The van der Waals surface area contributed by atoms with Gasteiger partial charge in [-0.15, -0.1) is 0 Å². The molecular formula is C20H20N6O2. The first kappa shape index (κ1) is 17.8. The van der Waals surface area contributed by atoms with Gasteiger partial charge in [0.1, 0.15) is 5.52 Å². The number of carbonyl (C=O) groups is 1. The van der Waals surface area contributed by atoms with E-state index in [9.17, 15) is 9.59 Å². The Morgan fingerprint density at radius 1 is 1.39 bits per heavy atom. The van der Waals surface area contributed by atoms with Gasteiger partial charge in [0.2, 0.25) is 0 Å². The molecule has 3 aromatic rings. The van der Waals surface area contributed by atoms with E-state index in [2.05, 4.69) is 21.1 Å². The molecule has 0 aliphatic carbocycles. The third kappa shape index (κ3) is 3.11. The maximum atomic E-state index is 12.9. The van der Waals surface area contributed by atoms with Crippen molar-refractivity contribution >= 4 is 17.1 Å². The van der Waals surface area contributed by atoms with Crippen LogP contribution in [0.15, 0.2) is 41.3 Å². The Kier molecular flexibility index (Phi) is 4.35. The predicted molar refractivity (Wildman–Crippen MR) is 104 cm³/mol. The van der Waals surface area contributed by atoms with Crippen LogP contribution in [0.25, 0.3) is 5.52 Å². The zero-order valence-electron chi connectivity index (χ0n) is 15.7. The third-order valence-corrected chi connectivity index (χ3v) is 5.19. The van der Waals surface area contributed by atoms with Crippen LogP contribution in [0.3, 0.4) is 0 Å². The van der Waals surface area contributed by atoms with E-state index in [4.69, 9.17) is 5.26 Å². The number of carbonyl (C=O) groups excluding carboxylic acids is 1. The lowest BCUT2D eigenvalue weighted by Gasteiger charge is -2.27. The van der Waals surface area contributed by atoms with Crippen molar-refractivity contribution in [2.24, 2.45) is 0 Å². The van der Waals surface area contributed by atoms with E-state index in [1.54, 1.807) is 24.1 Å². The number of nitrogens with one attached hydrogen (secondary N) is 1. The Morgan fingerprint density at radius 3 is 3.00 bits per heavy atom. The number of anilines is 1. The summed E-state index contributed by atoms with van der Waals surface area (Å²) in [6.45, 7) is 2.95. The third-order valence-electron chi connectivity index (χ3n) is 5.19. The van der Waals surface area contributed by atoms with Crippen LogP contribution < -0.4 is 10.5 Å². The lowest BCUT2D eigenvalue weighted by molar-refractivity contribution is 0.0784. The van der Waals surface area contributed by atoms with Crippen molar-refractivity contribution in [2.75, 3.05) is 25.0 Å². The average molecular weight is 376 g/mol. The smallest absolute Gasteiger partial charge is 0.274 e. The number of likely N-dealkylation sites (N-methyl/N-ethyl adjacent to an activating group) is 1. The molecule has 28 heavy (non-hydrogen) atoms. The van der Waals surface area contributed by atoms with E-state index in [-0.39, 0.29) is 23.2 Å². The number of nitriles is 1. The summed E-state index contributed by atoms with van der Waals surface area (Å²) in [6.07, 6.45) is 2.52. The second kappa shape index (κ2) is 6.85. The Balaban J connectivity index is 1.52. The van der Waals surface area contributed by atoms with Gasteiger partial charge in [-0.25, -0.2) is 4.52 Å². The fourth-order valence-electron chi connectivity index (χ4n) is 3.64. The topological polar surface area (TPSA) is 97.5 Å². The van der Waals surface area contributed by atoms with Gasteiger partial charge < -0.3 is 14.8 Å². The maximum Gasteiger partial charge on any atom is 0.274 e. The number of aromatic amines is 1. The molecule has 1 aromatic carbocycles. The van der Waals surface area contributed by atoms with E-state index < -0.39 is 0 Å². The van der Waals surface area contributed by atoms with Gasteiger partial charge in [-0.05, 0) is 31.5 Å². The van der Waals surface area contributed by atoms with Crippen molar-refractivity contribution in [1.82, 2.24) is 19.5 Å². The van der Waals surface area contributed by atoms with Crippen molar-refractivity contribution in [2.45, 2.75) is 19.4 Å². The summed E-state index contributed by atoms with van der Waals surface area (Å²) in [5.41, 5.74) is 2.61. The molecule has 0 saturated carbocycles. The second-order valence-electron chi connectivity index (χ2n) is 7.09. The molecule has 4 rings (SSSR count). The van der Waals surface area contributed by atoms with Gasteiger partial charge in [0.15, 0.2) is 5.69 Å². The summed E-state index contributed by atoms with van der Waals surface area (Å²) in [5, 5.41) is 13.4. The molecule has 1 unspecified atom stereocenters. The highest BCUT2D eigenvalue weighted by Crippen LogP contribution is 2.23. The summed E-state index contributed by atoms with van der Waals surface area (Å²) >= 11 is 0. The number of benzene rings is 1. The Hall–Kier alpha value is -3.60. The van der Waals surface area contributed by atoms with Crippen LogP contribution in [-0.2, 0) is 0 Å². The quantitative estimate of drug-likeness (QED) is 0.748. The number of hydrogen-bond acceptors (Lipinski definition) is 5. The number of likely N-dealkylation sites (tertiary alicyclic amines) is 1. The Morgan fingerprint density at radius 2 is 2.21 bits per heavy atom. The van der Waals surface area contributed by atoms with Crippen molar-refractivity contribution in [3.05, 3.63) is 63.8 Å². The number of rotatable bonds is 3. The summed E-state index contributed by atoms with van der Waals surface area (Å²) in [7, 11) is 1.97. The monoisotopic (exact) mass is 376 g/mol. The predicted octanol–water partition coefficient (Wildman–Crippen LogP) is 1.55. The normalized spacial score (nSPS) is 16.3. The number of fused-ring (bicyclic) bond motifs is 1. The van der Waals surface area contributed by atoms with E-state index in [0.29, 0.717) is 29.9 Å². The average Bonchev–Trinajstić information content (AvgIpc) is 3.34. The molecule has 1 atom stereocenters. The van der Waals surface area contributed by atoms with Gasteiger partial charge in [-0.2, -0.15) is 10.4 Å². The molecular weight excluding hydrogens is 356 g/mol. The number of aromatic nitrogens is 3. The molecule has 1 N–H and O–H groups in total. The van der Waals surface area contributed by atoms with Crippen LogP contribution >= 0.6 is 0 Å². The first-order chi connectivity index (χ1) is 13.5. The molecule has 1 saturated heterocycles. The molecule has 2 aromatic heterocycles. The van der Waals surface area contributed by atoms with Crippen molar-refractivity contribution < 1.29 is 4.79 Å². The van der Waals surface area contributed by atoms with Crippen molar-refractivity contribution in [3.8, 4) is 6.07 Å². The van der Waals surface area contributed by atoms with Gasteiger partial charge in [0.05, 0.1) is 11.6 Å². The zero-order valence-corrected chi connectivity index (χ0v) is 15.7. The highest BCUT2D eigenvalue weighted by Gasteiger charge is 2.31. The van der Waals surface area contributed by atoms with Crippen molar-refractivity contribution in [1.29, 1.82) is 5.26 Å². The maximum absolute atomic E-state index is 12.9. The van der Waals surface area contributed by atoms with Gasteiger partial charge in [0.25, 0.3) is 11.5 Å². The van der Waals surface area contributed by atoms with E-state index in [0.717, 1.165) is 12.1 Å². The summed E-state index contributed by atoms with van der Waals surface area (Å²) in [6, 6.07) is 11.3. The van der Waals surface area contributed by atoms with Gasteiger partial charge >= 0.3 is 0 Å². The van der Waals surface area contributed by atoms with E-state index >= 15 is 0 Å². The molecule has 3 heterocycles. The summed E-state index contributed by atoms with van der Waals surface area (Å²) in [5.74, 6) is -0.178. The van der Waals surface area contributed by atoms with Crippen LogP contribution in [-0.4, -0.2) is 51.6 Å². The van der Waals surface area contributed by atoms with Crippen LogP contribution in [0.4, 0.5) is 5.69 Å². The molecule has 8 heteroatoms. The number of nitrogens with zero attached hydrogens (tertiary/aromatic N) is 5. The van der Waals surface area contributed by atoms with E-state index in [1.807, 2.05) is 25.2 Å². The molecule has 0 spiro atoms. The Labute approximate surface area is 161 Å². The van der Waals surface area contributed by atoms with Gasteiger partial charge in [-0.1, -0.05) is 6.07 Å².